The number of pyridine rings is 1. The Morgan fingerprint density at radius 2 is 2.08 bits per heavy atom. The van der Waals surface area contributed by atoms with Crippen LogP contribution in [-0.2, 0) is 0 Å². The molecule has 2 rings (SSSR count). The van der Waals surface area contributed by atoms with Gasteiger partial charge in [-0.05, 0) is 36.4 Å². The van der Waals surface area contributed by atoms with Gasteiger partial charge in [-0.25, -0.2) is 0 Å². The number of nitrogens with zero attached hydrogens (tertiary/aromatic N) is 2. The Morgan fingerprint density at radius 1 is 1.23 bits per heavy atom. The molecule has 0 spiro atoms. The standard InChI is InChI=1S/C10H8N2O/c1-7-5-6-8-9(11-7)3-2-4-10(8)12-13/h2-6H,1H3. The highest BCUT2D eigenvalue weighted by atomic mass is 16.3. The molecule has 0 unspecified atom stereocenters. The Morgan fingerprint density at radius 3 is 2.85 bits per heavy atom. The van der Waals surface area contributed by atoms with Gasteiger partial charge < -0.3 is 0 Å². The molecule has 0 bridgehead atoms. The fraction of sp³-hybridized carbons (Fsp3) is 0.100. The van der Waals surface area contributed by atoms with Crippen LogP contribution in [0.15, 0.2) is 35.5 Å². The second-order valence-corrected chi connectivity index (χ2v) is 2.89. The number of hydrogen-bond acceptors (Lipinski definition) is 3. The van der Waals surface area contributed by atoms with Gasteiger partial charge in [0, 0.05) is 11.1 Å². The average molecular weight is 172 g/mol. The van der Waals surface area contributed by atoms with E-state index < -0.39 is 0 Å². The fourth-order valence-corrected chi connectivity index (χ4v) is 1.32. The Balaban J connectivity index is 2.84. The summed E-state index contributed by atoms with van der Waals surface area (Å²) in [6, 6.07) is 9.08. The number of nitroso groups, excluding NO2 is 1. The van der Waals surface area contributed by atoms with Crippen molar-refractivity contribution in [2.24, 2.45) is 5.18 Å². The van der Waals surface area contributed by atoms with Crippen LogP contribution in [0.25, 0.3) is 10.9 Å². The number of fused-ring (bicyclic) bond motifs is 1. The van der Waals surface area contributed by atoms with Crippen molar-refractivity contribution in [3.63, 3.8) is 0 Å². The molecule has 0 aliphatic carbocycles. The van der Waals surface area contributed by atoms with E-state index >= 15 is 0 Å². The first-order valence-corrected chi connectivity index (χ1v) is 4.01. The van der Waals surface area contributed by atoms with Gasteiger partial charge in [0.1, 0.15) is 5.69 Å². The lowest BCUT2D eigenvalue weighted by Crippen LogP contribution is -1.82. The summed E-state index contributed by atoms with van der Waals surface area (Å²) in [6.07, 6.45) is 0. The summed E-state index contributed by atoms with van der Waals surface area (Å²) < 4.78 is 0. The number of aromatic nitrogens is 1. The Labute approximate surface area is 75.4 Å². The van der Waals surface area contributed by atoms with E-state index in [-0.39, 0.29) is 0 Å². The first-order chi connectivity index (χ1) is 6.31. The van der Waals surface area contributed by atoms with Gasteiger partial charge in [-0.3, -0.25) is 4.98 Å². The molecule has 0 aliphatic rings. The summed E-state index contributed by atoms with van der Waals surface area (Å²) in [7, 11) is 0. The van der Waals surface area contributed by atoms with Crippen LogP contribution in [0.2, 0.25) is 0 Å². The summed E-state index contributed by atoms with van der Waals surface area (Å²) in [5, 5.41) is 3.75. The van der Waals surface area contributed by atoms with Crippen LogP contribution >= 0.6 is 0 Å². The van der Waals surface area contributed by atoms with E-state index in [9.17, 15) is 4.91 Å². The summed E-state index contributed by atoms with van der Waals surface area (Å²) >= 11 is 0. The lowest BCUT2D eigenvalue weighted by molar-refractivity contribution is 1.25. The topological polar surface area (TPSA) is 42.3 Å². The molecule has 1 aromatic heterocycles. The molecule has 13 heavy (non-hydrogen) atoms. The number of benzene rings is 1. The highest BCUT2D eigenvalue weighted by molar-refractivity contribution is 5.89. The molecular formula is C10H8N2O. The van der Waals surface area contributed by atoms with E-state index in [0.29, 0.717) is 5.69 Å². The second-order valence-electron chi connectivity index (χ2n) is 2.89. The monoisotopic (exact) mass is 172 g/mol. The zero-order valence-electron chi connectivity index (χ0n) is 7.19. The Bertz CT molecular complexity index is 465. The zero-order valence-corrected chi connectivity index (χ0v) is 7.19. The molecular weight excluding hydrogens is 164 g/mol. The van der Waals surface area contributed by atoms with Crippen LogP contribution in [0.5, 0.6) is 0 Å². The molecule has 0 radical (unpaired) electrons. The summed E-state index contributed by atoms with van der Waals surface area (Å²) in [5.41, 5.74) is 2.21. The van der Waals surface area contributed by atoms with Crippen LogP contribution in [0.4, 0.5) is 5.69 Å². The third-order valence-corrected chi connectivity index (χ3v) is 1.95. The highest BCUT2D eigenvalue weighted by Gasteiger charge is 2.00. The van der Waals surface area contributed by atoms with Crippen LogP contribution in [0.1, 0.15) is 5.69 Å². The number of rotatable bonds is 1. The maximum atomic E-state index is 10.4. The van der Waals surface area contributed by atoms with Gasteiger partial charge in [0.2, 0.25) is 0 Å². The quantitative estimate of drug-likeness (QED) is 0.620. The van der Waals surface area contributed by atoms with Crippen LogP contribution in [-0.4, -0.2) is 4.98 Å². The van der Waals surface area contributed by atoms with E-state index in [1.807, 2.05) is 25.1 Å². The third-order valence-electron chi connectivity index (χ3n) is 1.95. The maximum Gasteiger partial charge on any atom is 0.117 e. The SMILES string of the molecule is Cc1ccc2c(N=O)cccc2n1. The summed E-state index contributed by atoms with van der Waals surface area (Å²) in [5.74, 6) is 0. The first kappa shape index (κ1) is 7.86. The third kappa shape index (κ3) is 1.28. The minimum Gasteiger partial charge on any atom is -0.253 e. The smallest absolute Gasteiger partial charge is 0.117 e. The van der Waals surface area contributed by atoms with Crippen molar-refractivity contribution in [2.45, 2.75) is 6.92 Å². The molecule has 1 heterocycles. The van der Waals surface area contributed by atoms with E-state index in [4.69, 9.17) is 0 Å². The average Bonchev–Trinajstić information content (AvgIpc) is 2.16. The number of aryl methyl sites for hydroxylation is 1. The van der Waals surface area contributed by atoms with Crippen molar-refractivity contribution in [1.29, 1.82) is 0 Å². The molecule has 3 heteroatoms. The van der Waals surface area contributed by atoms with Gasteiger partial charge in [-0.15, -0.1) is 4.91 Å². The van der Waals surface area contributed by atoms with Crippen molar-refractivity contribution < 1.29 is 0 Å². The minimum absolute atomic E-state index is 0.449. The largest absolute Gasteiger partial charge is 0.253 e. The predicted molar refractivity (Wildman–Crippen MR) is 51.9 cm³/mol. The maximum absolute atomic E-state index is 10.4. The lowest BCUT2D eigenvalue weighted by Gasteiger charge is -1.99. The lowest BCUT2D eigenvalue weighted by atomic mass is 10.2. The van der Waals surface area contributed by atoms with Crippen LogP contribution in [0.3, 0.4) is 0 Å². The van der Waals surface area contributed by atoms with Gasteiger partial charge in [-0.1, -0.05) is 6.07 Å². The van der Waals surface area contributed by atoms with E-state index in [1.54, 1.807) is 12.1 Å². The molecule has 0 N–H and O–H groups in total. The fourth-order valence-electron chi connectivity index (χ4n) is 1.32. The Hall–Kier alpha value is -1.77. The molecule has 0 saturated carbocycles. The van der Waals surface area contributed by atoms with Crippen molar-refractivity contribution in [1.82, 2.24) is 4.98 Å². The van der Waals surface area contributed by atoms with Gasteiger partial charge in [0.25, 0.3) is 0 Å². The van der Waals surface area contributed by atoms with E-state index in [0.717, 1.165) is 16.6 Å². The van der Waals surface area contributed by atoms with Crippen molar-refractivity contribution >= 4 is 16.6 Å². The van der Waals surface area contributed by atoms with Gasteiger partial charge in [-0.2, -0.15) is 0 Å². The molecule has 64 valence electrons. The van der Waals surface area contributed by atoms with Gasteiger partial charge >= 0.3 is 0 Å². The second kappa shape index (κ2) is 2.94. The van der Waals surface area contributed by atoms with Crippen molar-refractivity contribution in [2.75, 3.05) is 0 Å². The van der Waals surface area contributed by atoms with Crippen molar-refractivity contribution in [3.8, 4) is 0 Å². The molecule has 3 nitrogen and oxygen atoms in total. The molecule has 0 aliphatic heterocycles. The first-order valence-electron chi connectivity index (χ1n) is 4.01. The molecule has 2 aromatic rings. The number of hydrogen-bond donors (Lipinski definition) is 0. The van der Waals surface area contributed by atoms with Gasteiger partial charge in [0.05, 0.1) is 5.52 Å². The molecule has 0 amide bonds. The molecule has 1 aromatic carbocycles. The van der Waals surface area contributed by atoms with Crippen LogP contribution in [0, 0.1) is 11.8 Å². The Kier molecular flexibility index (Phi) is 1.77. The highest BCUT2D eigenvalue weighted by Crippen LogP contribution is 2.24. The van der Waals surface area contributed by atoms with Gasteiger partial charge in [0.15, 0.2) is 0 Å². The van der Waals surface area contributed by atoms with Crippen molar-refractivity contribution in [3.05, 3.63) is 40.9 Å². The molecule has 0 saturated heterocycles. The molecule has 0 atom stereocenters. The minimum atomic E-state index is 0.449. The van der Waals surface area contributed by atoms with E-state index in [1.165, 1.54) is 0 Å². The molecule has 0 fully saturated rings. The summed E-state index contributed by atoms with van der Waals surface area (Å²) in [6.45, 7) is 1.92. The predicted octanol–water partition coefficient (Wildman–Crippen LogP) is 2.94. The summed E-state index contributed by atoms with van der Waals surface area (Å²) in [4.78, 5) is 14.7. The zero-order chi connectivity index (χ0) is 9.26. The normalized spacial score (nSPS) is 10.2. The van der Waals surface area contributed by atoms with Crippen LogP contribution < -0.4 is 0 Å². The van der Waals surface area contributed by atoms with E-state index in [2.05, 4.69) is 10.2 Å².